The minimum Gasteiger partial charge on any atom is -0.462 e. The molecule has 16 heavy (non-hydrogen) atoms. The quantitative estimate of drug-likeness (QED) is 0.468. The van der Waals surface area contributed by atoms with Crippen LogP contribution in [0.2, 0.25) is 0 Å². The molecule has 1 heterocycles. The fourth-order valence-electron chi connectivity index (χ4n) is 0.935. The van der Waals surface area contributed by atoms with E-state index >= 15 is 0 Å². The molecule has 0 amide bonds. The molecule has 0 aliphatic heterocycles. The van der Waals surface area contributed by atoms with Crippen LogP contribution in [0.5, 0.6) is 0 Å². The molecule has 0 saturated carbocycles. The molecule has 1 rings (SSSR count). The van der Waals surface area contributed by atoms with Gasteiger partial charge in [0.25, 0.3) is 0 Å². The van der Waals surface area contributed by atoms with Gasteiger partial charge in [0.05, 0.1) is 6.61 Å². The van der Waals surface area contributed by atoms with Crippen LogP contribution in [-0.4, -0.2) is 22.5 Å². The summed E-state index contributed by atoms with van der Waals surface area (Å²) in [6, 6.07) is 0. The largest absolute Gasteiger partial charge is 0.462 e. The van der Waals surface area contributed by atoms with Crippen molar-refractivity contribution in [2.75, 3.05) is 6.61 Å². The van der Waals surface area contributed by atoms with Crippen LogP contribution < -0.4 is 0 Å². The van der Waals surface area contributed by atoms with E-state index in [4.69, 9.17) is 0 Å². The lowest BCUT2D eigenvalue weighted by molar-refractivity contribution is -0.142. The number of hydrogen-bond acceptors (Lipinski definition) is 4. The van der Waals surface area contributed by atoms with Crippen molar-refractivity contribution in [1.82, 2.24) is 9.97 Å². The number of hydrogen-bond donors (Lipinski definition) is 0. The van der Waals surface area contributed by atoms with Gasteiger partial charge in [-0.3, -0.25) is 0 Å². The van der Waals surface area contributed by atoms with Gasteiger partial charge in [-0.15, -0.1) is 0 Å². The fourth-order valence-corrected chi connectivity index (χ4v) is 1.32. The summed E-state index contributed by atoms with van der Waals surface area (Å²) in [5.74, 6) is -1.08. The van der Waals surface area contributed by atoms with Crippen LogP contribution in [0.1, 0.15) is 23.0 Å². The van der Waals surface area contributed by atoms with E-state index in [2.05, 4.69) is 14.7 Å². The Morgan fingerprint density at radius 1 is 1.56 bits per heavy atom. The molecule has 0 aliphatic rings. The molecular formula is C8H6F3IN2O2. The monoisotopic (exact) mass is 346 g/mol. The summed E-state index contributed by atoms with van der Waals surface area (Å²) in [7, 11) is 0. The lowest BCUT2D eigenvalue weighted by atomic mass is 10.2. The average Bonchev–Trinajstić information content (AvgIpc) is 2.16. The van der Waals surface area contributed by atoms with Crippen molar-refractivity contribution in [2.24, 2.45) is 0 Å². The molecule has 1 aromatic rings. The molecule has 0 fully saturated rings. The first-order valence-corrected chi connectivity index (χ1v) is 5.21. The van der Waals surface area contributed by atoms with Gasteiger partial charge in [0.15, 0.2) is 9.53 Å². The van der Waals surface area contributed by atoms with Crippen molar-refractivity contribution in [3.63, 3.8) is 0 Å². The normalized spacial score (nSPS) is 11.3. The number of ether oxygens (including phenoxy) is 1. The van der Waals surface area contributed by atoms with Crippen LogP contribution in [0.4, 0.5) is 13.2 Å². The molecule has 0 unspecified atom stereocenters. The molecule has 0 atom stereocenters. The number of carbonyl (C=O) groups excluding carboxylic acids is 1. The number of rotatable bonds is 2. The Kier molecular flexibility index (Phi) is 4.05. The molecule has 8 heteroatoms. The maximum atomic E-state index is 12.5. The van der Waals surface area contributed by atoms with E-state index in [0.29, 0.717) is 0 Å². The van der Waals surface area contributed by atoms with Crippen LogP contribution in [0.3, 0.4) is 0 Å². The van der Waals surface area contributed by atoms with Crippen molar-refractivity contribution in [3.05, 3.63) is 21.3 Å². The average molecular weight is 346 g/mol. The summed E-state index contributed by atoms with van der Waals surface area (Å²) in [6.07, 6.45) is -3.89. The Balaban J connectivity index is 3.23. The highest BCUT2D eigenvalue weighted by Gasteiger charge is 2.38. The van der Waals surface area contributed by atoms with Gasteiger partial charge in [0.2, 0.25) is 0 Å². The second-order valence-electron chi connectivity index (χ2n) is 2.62. The summed E-state index contributed by atoms with van der Waals surface area (Å²) >= 11 is 1.53. The molecule has 0 spiro atoms. The Morgan fingerprint density at radius 2 is 2.19 bits per heavy atom. The summed E-state index contributed by atoms with van der Waals surface area (Å²) in [4.78, 5) is 17.9. The van der Waals surface area contributed by atoms with Gasteiger partial charge >= 0.3 is 12.1 Å². The highest BCUT2D eigenvalue weighted by Crippen LogP contribution is 2.30. The van der Waals surface area contributed by atoms with Crippen LogP contribution >= 0.6 is 22.6 Å². The second-order valence-corrected chi connectivity index (χ2v) is 3.58. The predicted molar refractivity (Wildman–Crippen MR) is 55.7 cm³/mol. The van der Waals surface area contributed by atoms with Crippen LogP contribution in [0.15, 0.2) is 6.20 Å². The maximum Gasteiger partial charge on any atom is 0.434 e. The molecule has 0 saturated heterocycles. The smallest absolute Gasteiger partial charge is 0.434 e. The Bertz CT molecular complexity index is 409. The summed E-state index contributed by atoms with van der Waals surface area (Å²) < 4.78 is 42.0. The van der Waals surface area contributed by atoms with E-state index in [1.54, 1.807) is 0 Å². The maximum absolute atomic E-state index is 12.5. The van der Waals surface area contributed by atoms with E-state index in [9.17, 15) is 18.0 Å². The SMILES string of the molecule is CCOC(=O)c1cnc(I)nc1C(F)(F)F. The molecule has 0 aliphatic carbocycles. The number of aromatic nitrogens is 2. The summed E-state index contributed by atoms with van der Waals surface area (Å²) in [6.45, 7) is 1.49. The van der Waals surface area contributed by atoms with E-state index in [1.807, 2.05) is 0 Å². The first-order valence-electron chi connectivity index (χ1n) is 4.13. The minimum atomic E-state index is -4.70. The van der Waals surface area contributed by atoms with Gasteiger partial charge in [-0.1, -0.05) is 0 Å². The lowest BCUT2D eigenvalue weighted by Crippen LogP contribution is -2.18. The lowest BCUT2D eigenvalue weighted by Gasteiger charge is -2.10. The zero-order chi connectivity index (χ0) is 12.3. The molecule has 0 N–H and O–H groups in total. The third-order valence-corrected chi connectivity index (χ3v) is 2.04. The summed E-state index contributed by atoms with van der Waals surface area (Å²) in [5, 5.41) is 0. The number of esters is 1. The molecule has 1 aromatic heterocycles. The Morgan fingerprint density at radius 3 is 2.69 bits per heavy atom. The summed E-state index contributed by atoms with van der Waals surface area (Å²) in [5.41, 5.74) is -1.94. The van der Waals surface area contributed by atoms with Crippen molar-refractivity contribution in [3.8, 4) is 0 Å². The zero-order valence-electron chi connectivity index (χ0n) is 8.01. The predicted octanol–water partition coefficient (Wildman–Crippen LogP) is 2.28. The molecule has 0 radical (unpaired) electrons. The van der Waals surface area contributed by atoms with Gasteiger partial charge in [-0.2, -0.15) is 13.2 Å². The number of halogens is 4. The van der Waals surface area contributed by atoms with E-state index in [1.165, 1.54) is 29.5 Å². The third-order valence-electron chi connectivity index (χ3n) is 1.52. The number of carbonyl (C=O) groups is 1. The second kappa shape index (κ2) is 4.93. The van der Waals surface area contributed by atoms with Crippen LogP contribution in [0.25, 0.3) is 0 Å². The van der Waals surface area contributed by atoms with Gasteiger partial charge < -0.3 is 4.74 Å². The highest BCUT2D eigenvalue weighted by atomic mass is 127. The van der Waals surface area contributed by atoms with Gasteiger partial charge in [-0.05, 0) is 6.92 Å². The van der Waals surface area contributed by atoms with Gasteiger partial charge in [0, 0.05) is 28.8 Å². The van der Waals surface area contributed by atoms with Crippen LogP contribution in [-0.2, 0) is 10.9 Å². The molecule has 0 aromatic carbocycles. The van der Waals surface area contributed by atoms with E-state index in [-0.39, 0.29) is 10.4 Å². The van der Waals surface area contributed by atoms with Crippen LogP contribution in [0, 0.1) is 3.83 Å². The molecule has 88 valence electrons. The molecular weight excluding hydrogens is 340 g/mol. The van der Waals surface area contributed by atoms with E-state index in [0.717, 1.165) is 6.20 Å². The van der Waals surface area contributed by atoms with Crippen molar-refractivity contribution in [1.29, 1.82) is 0 Å². The highest BCUT2D eigenvalue weighted by molar-refractivity contribution is 14.1. The van der Waals surface area contributed by atoms with Crippen molar-refractivity contribution < 1.29 is 22.7 Å². The minimum absolute atomic E-state index is 0.0118. The standard InChI is InChI=1S/C8H6F3IN2O2/c1-2-16-6(15)4-3-13-7(12)14-5(4)8(9,10)11/h3H,2H2,1H3. The Hall–Kier alpha value is -0.930. The Labute approximate surface area is 102 Å². The third kappa shape index (κ3) is 3.03. The number of nitrogens with zero attached hydrogens (tertiary/aromatic N) is 2. The topological polar surface area (TPSA) is 52.1 Å². The fraction of sp³-hybridized carbons (Fsp3) is 0.375. The van der Waals surface area contributed by atoms with Gasteiger partial charge in [0.1, 0.15) is 5.56 Å². The zero-order valence-corrected chi connectivity index (χ0v) is 10.2. The van der Waals surface area contributed by atoms with Gasteiger partial charge in [-0.25, -0.2) is 14.8 Å². The molecule has 0 bridgehead atoms. The van der Waals surface area contributed by atoms with E-state index < -0.39 is 23.4 Å². The first kappa shape index (κ1) is 13.1. The van der Waals surface area contributed by atoms with Crippen molar-refractivity contribution in [2.45, 2.75) is 13.1 Å². The molecule has 4 nitrogen and oxygen atoms in total. The van der Waals surface area contributed by atoms with Crippen molar-refractivity contribution >= 4 is 28.6 Å². The number of alkyl halides is 3. The first-order chi connectivity index (χ1) is 7.36.